The fourth-order valence-corrected chi connectivity index (χ4v) is 2.36. The lowest BCUT2D eigenvalue weighted by atomic mass is 10.1. The van der Waals surface area contributed by atoms with Gasteiger partial charge in [-0.25, -0.2) is 0 Å². The van der Waals surface area contributed by atoms with E-state index in [0.29, 0.717) is 0 Å². The number of ether oxygens (including phenoxy) is 2. The number of hydrogen-bond donors (Lipinski definition) is 1. The molecule has 1 N–H and O–H groups in total. The Morgan fingerprint density at radius 3 is 2.62 bits per heavy atom. The molecule has 0 aliphatic heterocycles. The molecule has 3 nitrogen and oxygen atoms in total. The lowest BCUT2D eigenvalue weighted by molar-refractivity contribution is 0.390. The van der Waals surface area contributed by atoms with Crippen molar-refractivity contribution in [2.45, 2.75) is 13.0 Å². The van der Waals surface area contributed by atoms with Crippen molar-refractivity contribution in [1.29, 1.82) is 0 Å². The molecule has 0 radical (unpaired) electrons. The van der Waals surface area contributed by atoms with Gasteiger partial charge in [0.25, 0.3) is 0 Å². The van der Waals surface area contributed by atoms with Crippen molar-refractivity contribution in [3.63, 3.8) is 0 Å². The Kier molecular flexibility index (Phi) is 5.90. The summed E-state index contributed by atoms with van der Waals surface area (Å²) in [5.74, 6) is 1.64. The van der Waals surface area contributed by atoms with Crippen LogP contribution in [0.25, 0.3) is 0 Å². The maximum atomic E-state index is 5.97. The molecule has 0 spiro atoms. The predicted octanol–water partition coefficient (Wildman–Crippen LogP) is 3.69. The molecular weight excluding hydrogens is 286 g/mol. The molecule has 2 rings (SSSR count). The maximum absolute atomic E-state index is 5.97. The number of methoxy groups -OCH3 is 2. The van der Waals surface area contributed by atoms with Crippen LogP contribution in [0.15, 0.2) is 42.5 Å². The first-order valence-corrected chi connectivity index (χ1v) is 7.27. The molecule has 0 fully saturated rings. The van der Waals surface area contributed by atoms with E-state index in [1.807, 2.05) is 36.4 Å². The minimum atomic E-state index is 0.758. The van der Waals surface area contributed by atoms with E-state index in [9.17, 15) is 0 Å². The van der Waals surface area contributed by atoms with Gasteiger partial charge in [0, 0.05) is 23.2 Å². The second-order valence-corrected chi connectivity index (χ2v) is 5.17. The summed E-state index contributed by atoms with van der Waals surface area (Å²) in [6, 6.07) is 13.8. The lowest BCUT2D eigenvalue weighted by Gasteiger charge is -2.11. The zero-order chi connectivity index (χ0) is 15.1. The van der Waals surface area contributed by atoms with E-state index in [1.165, 1.54) is 5.56 Å². The maximum Gasteiger partial charge on any atom is 0.127 e. The van der Waals surface area contributed by atoms with Crippen LogP contribution in [0.2, 0.25) is 5.02 Å². The topological polar surface area (TPSA) is 30.5 Å². The standard InChI is InChI=1S/C17H20ClNO2/c1-20-16-7-6-14(17(11-16)21-2)12-19-9-8-13-4-3-5-15(18)10-13/h3-7,10-11,19H,8-9,12H2,1-2H3. The van der Waals surface area contributed by atoms with Crippen LogP contribution in [0.1, 0.15) is 11.1 Å². The van der Waals surface area contributed by atoms with Gasteiger partial charge in [-0.2, -0.15) is 0 Å². The zero-order valence-corrected chi connectivity index (χ0v) is 13.1. The molecule has 0 atom stereocenters. The van der Waals surface area contributed by atoms with Gasteiger partial charge in [0.05, 0.1) is 14.2 Å². The monoisotopic (exact) mass is 305 g/mol. The summed E-state index contributed by atoms with van der Waals surface area (Å²) in [4.78, 5) is 0. The van der Waals surface area contributed by atoms with Gasteiger partial charge in [0.1, 0.15) is 11.5 Å². The Bertz CT molecular complexity index is 587. The highest BCUT2D eigenvalue weighted by Gasteiger charge is 2.04. The normalized spacial score (nSPS) is 10.4. The van der Waals surface area contributed by atoms with Crippen molar-refractivity contribution >= 4 is 11.6 Å². The minimum absolute atomic E-state index is 0.758. The summed E-state index contributed by atoms with van der Waals surface area (Å²) in [5.41, 5.74) is 2.35. The van der Waals surface area contributed by atoms with Gasteiger partial charge in [-0.1, -0.05) is 29.8 Å². The molecule has 0 saturated heterocycles. The average Bonchev–Trinajstić information content (AvgIpc) is 2.51. The van der Waals surface area contributed by atoms with E-state index in [-0.39, 0.29) is 0 Å². The van der Waals surface area contributed by atoms with E-state index < -0.39 is 0 Å². The Labute approximate surface area is 130 Å². The van der Waals surface area contributed by atoms with Crippen molar-refractivity contribution in [3.05, 3.63) is 58.6 Å². The van der Waals surface area contributed by atoms with Crippen molar-refractivity contribution < 1.29 is 9.47 Å². The molecule has 2 aromatic carbocycles. The minimum Gasteiger partial charge on any atom is -0.497 e. The second kappa shape index (κ2) is 7.91. The first kappa shape index (κ1) is 15.7. The van der Waals surface area contributed by atoms with Crippen LogP contribution in [0.4, 0.5) is 0 Å². The quantitative estimate of drug-likeness (QED) is 0.791. The lowest BCUT2D eigenvalue weighted by Crippen LogP contribution is -2.17. The molecule has 21 heavy (non-hydrogen) atoms. The molecule has 0 heterocycles. The van der Waals surface area contributed by atoms with E-state index >= 15 is 0 Å². The number of hydrogen-bond acceptors (Lipinski definition) is 3. The van der Waals surface area contributed by atoms with E-state index in [4.69, 9.17) is 21.1 Å². The molecule has 0 aromatic heterocycles. The van der Waals surface area contributed by atoms with Crippen LogP contribution >= 0.6 is 11.6 Å². The van der Waals surface area contributed by atoms with Crippen molar-refractivity contribution in [1.82, 2.24) is 5.32 Å². The molecule has 112 valence electrons. The predicted molar refractivity (Wildman–Crippen MR) is 86.4 cm³/mol. The molecule has 0 saturated carbocycles. The van der Waals surface area contributed by atoms with Gasteiger partial charge in [-0.15, -0.1) is 0 Å². The van der Waals surface area contributed by atoms with Crippen LogP contribution in [0, 0.1) is 0 Å². The summed E-state index contributed by atoms with van der Waals surface area (Å²) >= 11 is 5.97. The Morgan fingerprint density at radius 2 is 1.90 bits per heavy atom. The number of halogens is 1. The highest BCUT2D eigenvalue weighted by molar-refractivity contribution is 6.30. The Balaban J connectivity index is 1.86. The summed E-state index contributed by atoms with van der Waals surface area (Å²) in [5, 5.41) is 4.20. The molecular formula is C17H20ClNO2. The summed E-state index contributed by atoms with van der Waals surface area (Å²) in [6.07, 6.45) is 0.943. The summed E-state index contributed by atoms with van der Waals surface area (Å²) < 4.78 is 10.6. The zero-order valence-electron chi connectivity index (χ0n) is 12.4. The third-order valence-electron chi connectivity index (χ3n) is 3.29. The summed E-state index contributed by atoms with van der Waals surface area (Å²) in [7, 11) is 3.32. The van der Waals surface area contributed by atoms with Gasteiger partial charge < -0.3 is 14.8 Å². The first-order chi connectivity index (χ1) is 10.2. The van der Waals surface area contributed by atoms with Gasteiger partial charge >= 0.3 is 0 Å². The van der Waals surface area contributed by atoms with Crippen LogP contribution < -0.4 is 14.8 Å². The molecule has 0 unspecified atom stereocenters. The van der Waals surface area contributed by atoms with Crippen molar-refractivity contribution in [3.8, 4) is 11.5 Å². The molecule has 0 aliphatic carbocycles. The van der Waals surface area contributed by atoms with Crippen LogP contribution in [-0.4, -0.2) is 20.8 Å². The molecule has 0 bridgehead atoms. The number of nitrogens with one attached hydrogen (secondary N) is 1. The van der Waals surface area contributed by atoms with Crippen LogP contribution in [0.3, 0.4) is 0 Å². The third-order valence-corrected chi connectivity index (χ3v) is 3.52. The highest BCUT2D eigenvalue weighted by atomic mass is 35.5. The smallest absolute Gasteiger partial charge is 0.127 e. The second-order valence-electron chi connectivity index (χ2n) is 4.73. The van der Waals surface area contributed by atoms with E-state index in [1.54, 1.807) is 14.2 Å². The molecule has 0 amide bonds. The molecule has 2 aromatic rings. The fraction of sp³-hybridized carbons (Fsp3) is 0.294. The SMILES string of the molecule is COc1ccc(CNCCc2cccc(Cl)c2)c(OC)c1. The van der Waals surface area contributed by atoms with Gasteiger partial charge in [-0.3, -0.25) is 0 Å². The summed E-state index contributed by atoms with van der Waals surface area (Å²) in [6.45, 7) is 1.64. The van der Waals surface area contributed by atoms with Gasteiger partial charge in [0.2, 0.25) is 0 Å². The Morgan fingerprint density at radius 1 is 1.05 bits per heavy atom. The molecule has 0 aliphatic rings. The van der Waals surface area contributed by atoms with Crippen LogP contribution in [0.5, 0.6) is 11.5 Å². The van der Waals surface area contributed by atoms with Crippen LogP contribution in [-0.2, 0) is 13.0 Å². The molecule has 4 heteroatoms. The van der Waals surface area contributed by atoms with Gasteiger partial charge in [-0.05, 0) is 36.7 Å². The van der Waals surface area contributed by atoms with Crippen molar-refractivity contribution in [2.24, 2.45) is 0 Å². The van der Waals surface area contributed by atoms with Gasteiger partial charge in [0.15, 0.2) is 0 Å². The Hall–Kier alpha value is -1.71. The highest BCUT2D eigenvalue weighted by Crippen LogP contribution is 2.24. The largest absolute Gasteiger partial charge is 0.497 e. The third kappa shape index (κ3) is 4.66. The number of benzene rings is 2. The first-order valence-electron chi connectivity index (χ1n) is 6.89. The van der Waals surface area contributed by atoms with E-state index in [0.717, 1.165) is 41.6 Å². The average molecular weight is 306 g/mol. The van der Waals surface area contributed by atoms with Crippen molar-refractivity contribution in [2.75, 3.05) is 20.8 Å². The fourth-order valence-electron chi connectivity index (χ4n) is 2.15. The van der Waals surface area contributed by atoms with E-state index in [2.05, 4.69) is 11.4 Å². The number of rotatable bonds is 7.